The highest BCUT2D eigenvalue weighted by Gasteiger charge is 2.23. The molecule has 2 heterocycles. The van der Waals surface area contributed by atoms with Crippen LogP contribution < -0.4 is 21.3 Å². The summed E-state index contributed by atoms with van der Waals surface area (Å²) in [6.07, 6.45) is 3.62. The van der Waals surface area contributed by atoms with Gasteiger partial charge in [-0.05, 0) is 37.5 Å². The van der Waals surface area contributed by atoms with Gasteiger partial charge in [-0.15, -0.1) is 0 Å². The Morgan fingerprint density at radius 2 is 2.21 bits per heavy atom. The molecule has 1 aromatic heterocycles. The van der Waals surface area contributed by atoms with Gasteiger partial charge in [-0.2, -0.15) is 4.98 Å². The second kappa shape index (κ2) is 9.76. The molecule has 9 heteroatoms. The van der Waals surface area contributed by atoms with Gasteiger partial charge in [-0.1, -0.05) is 24.9 Å². The van der Waals surface area contributed by atoms with E-state index in [4.69, 9.17) is 22.4 Å². The third kappa shape index (κ3) is 5.71. The van der Waals surface area contributed by atoms with Crippen LogP contribution in [0.5, 0.6) is 0 Å². The number of hydrogen-bond donors (Lipinski definition) is 4. The molecular weight excluding hydrogens is 392 g/mol. The number of hydrogen-bond acceptors (Lipinski definition) is 7. The number of halogens is 1. The lowest BCUT2D eigenvalue weighted by Crippen LogP contribution is -2.48. The maximum absolute atomic E-state index is 11.5. The molecule has 2 aromatic rings. The predicted molar refractivity (Wildman–Crippen MR) is 116 cm³/mol. The molecule has 5 N–H and O–H groups in total. The highest BCUT2D eigenvalue weighted by Crippen LogP contribution is 2.26. The number of nitrogens with two attached hydrogens (primary N) is 1. The zero-order valence-electron chi connectivity index (χ0n) is 16.5. The van der Waals surface area contributed by atoms with Gasteiger partial charge in [-0.25, -0.2) is 4.98 Å². The van der Waals surface area contributed by atoms with Crippen molar-refractivity contribution in [3.8, 4) is 0 Å². The van der Waals surface area contributed by atoms with Gasteiger partial charge in [0.15, 0.2) is 0 Å². The van der Waals surface area contributed by atoms with Crippen molar-refractivity contribution < 1.29 is 9.90 Å². The molecule has 1 amide bonds. The van der Waals surface area contributed by atoms with Crippen molar-refractivity contribution in [1.29, 1.82) is 0 Å². The van der Waals surface area contributed by atoms with E-state index in [2.05, 4.69) is 32.4 Å². The fraction of sp³-hybridized carbons (Fsp3) is 0.450. The number of benzene rings is 1. The Balaban J connectivity index is 1.82. The molecule has 8 nitrogen and oxygen atoms in total. The molecule has 0 saturated carbocycles. The first-order chi connectivity index (χ1) is 14.0. The molecular formula is C20H27ClN6O2. The number of aryl methyl sites for hydroxylation is 1. The number of aromatic nitrogens is 2. The van der Waals surface area contributed by atoms with E-state index in [0.717, 1.165) is 49.4 Å². The summed E-state index contributed by atoms with van der Waals surface area (Å²) in [6.45, 7) is 3.10. The Morgan fingerprint density at radius 1 is 1.38 bits per heavy atom. The lowest BCUT2D eigenvalue weighted by atomic mass is 10.1. The van der Waals surface area contributed by atoms with Crippen molar-refractivity contribution in [2.45, 2.75) is 38.6 Å². The Morgan fingerprint density at radius 3 is 2.93 bits per heavy atom. The van der Waals surface area contributed by atoms with Crippen LogP contribution in [-0.2, 0) is 11.2 Å². The average molecular weight is 419 g/mol. The zero-order chi connectivity index (χ0) is 20.8. The summed E-state index contributed by atoms with van der Waals surface area (Å²) in [4.78, 5) is 23.0. The normalized spacial score (nSPS) is 16.5. The van der Waals surface area contributed by atoms with E-state index in [1.165, 1.54) is 0 Å². The van der Waals surface area contributed by atoms with Crippen LogP contribution in [0.3, 0.4) is 0 Å². The number of nitrogens with one attached hydrogen (secondary N) is 2. The molecule has 3 rings (SSSR count). The number of nitrogens with zero attached hydrogens (tertiary/aromatic N) is 3. The van der Waals surface area contributed by atoms with Crippen LogP contribution in [0, 0.1) is 0 Å². The quantitative estimate of drug-likeness (QED) is 0.510. The third-order valence-electron chi connectivity index (χ3n) is 4.78. The first kappa shape index (κ1) is 21.1. The van der Waals surface area contributed by atoms with E-state index < -0.39 is 6.61 Å². The van der Waals surface area contributed by atoms with Gasteiger partial charge in [0.2, 0.25) is 11.9 Å². The number of carbonyl (C=O) groups is 1. The van der Waals surface area contributed by atoms with E-state index in [0.29, 0.717) is 23.2 Å². The highest BCUT2D eigenvalue weighted by molar-refractivity contribution is 6.33. The summed E-state index contributed by atoms with van der Waals surface area (Å²) < 4.78 is 0. The van der Waals surface area contributed by atoms with E-state index in [-0.39, 0.29) is 11.9 Å². The number of rotatable bonds is 7. The van der Waals surface area contributed by atoms with Crippen LogP contribution in [0.15, 0.2) is 24.3 Å². The van der Waals surface area contributed by atoms with Crippen LogP contribution in [0.25, 0.3) is 0 Å². The number of piperidine rings is 1. The molecule has 0 unspecified atom stereocenters. The maximum atomic E-state index is 11.5. The molecule has 1 aromatic carbocycles. The maximum Gasteiger partial charge on any atom is 0.245 e. The van der Waals surface area contributed by atoms with Gasteiger partial charge in [0, 0.05) is 36.6 Å². The van der Waals surface area contributed by atoms with Gasteiger partial charge < -0.3 is 26.4 Å². The lowest BCUT2D eigenvalue weighted by molar-refractivity contribution is -0.124. The van der Waals surface area contributed by atoms with Crippen LogP contribution >= 0.6 is 11.6 Å². The Kier molecular flexibility index (Phi) is 7.11. The standard InChI is InChI=1S/C20H27ClN6O2/c1-2-4-13-10-18(27-8-3-5-15(11-27)23-19(29)12-28)26-20(24-13)25-14-6-7-16(21)17(22)9-14/h6-7,9-10,15,28H,2-5,8,11-12,22H2,1H3,(H,23,29)(H,24,25,26)/t15-/m1/s1. The number of aliphatic hydroxyl groups excluding tert-OH is 1. The lowest BCUT2D eigenvalue weighted by Gasteiger charge is -2.34. The number of nitrogen functional groups attached to an aromatic ring is 1. The number of amides is 1. The molecule has 1 atom stereocenters. The minimum absolute atomic E-state index is 0.0135. The first-order valence-electron chi connectivity index (χ1n) is 9.83. The SMILES string of the molecule is CCCc1cc(N2CCC[C@@H](NC(=O)CO)C2)nc(Nc2ccc(Cl)c(N)c2)n1. The topological polar surface area (TPSA) is 116 Å². The first-order valence-corrected chi connectivity index (χ1v) is 10.2. The molecule has 1 aliphatic heterocycles. The molecule has 1 fully saturated rings. The zero-order valence-corrected chi connectivity index (χ0v) is 17.2. The Labute approximate surface area is 175 Å². The monoisotopic (exact) mass is 418 g/mol. The van der Waals surface area contributed by atoms with Gasteiger partial charge in [0.25, 0.3) is 0 Å². The summed E-state index contributed by atoms with van der Waals surface area (Å²) in [5.74, 6) is 0.957. The molecule has 29 heavy (non-hydrogen) atoms. The van der Waals surface area contributed by atoms with E-state index in [9.17, 15) is 4.79 Å². The van der Waals surface area contributed by atoms with Crippen LogP contribution in [-0.4, -0.2) is 46.7 Å². The summed E-state index contributed by atoms with van der Waals surface area (Å²) in [5.41, 5.74) is 8.09. The Bertz CT molecular complexity index is 863. The largest absolute Gasteiger partial charge is 0.397 e. The van der Waals surface area contributed by atoms with Crippen LogP contribution in [0.2, 0.25) is 5.02 Å². The minimum atomic E-state index is -0.497. The van der Waals surface area contributed by atoms with E-state index >= 15 is 0 Å². The number of anilines is 4. The summed E-state index contributed by atoms with van der Waals surface area (Å²) >= 11 is 6.00. The molecule has 1 aliphatic rings. The summed E-state index contributed by atoms with van der Waals surface area (Å²) in [6, 6.07) is 7.30. The summed E-state index contributed by atoms with van der Waals surface area (Å²) in [7, 11) is 0. The predicted octanol–water partition coefficient (Wildman–Crippen LogP) is 2.49. The van der Waals surface area contributed by atoms with Crippen molar-refractivity contribution in [2.24, 2.45) is 0 Å². The molecule has 1 saturated heterocycles. The molecule has 0 bridgehead atoms. The second-order valence-corrected chi connectivity index (χ2v) is 7.57. The Hall–Kier alpha value is -2.58. The third-order valence-corrected chi connectivity index (χ3v) is 5.12. The molecule has 156 valence electrons. The smallest absolute Gasteiger partial charge is 0.245 e. The fourth-order valence-corrected chi connectivity index (χ4v) is 3.53. The minimum Gasteiger partial charge on any atom is -0.397 e. The van der Waals surface area contributed by atoms with Crippen molar-refractivity contribution in [3.63, 3.8) is 0 Å². The van der Waals surface area contributed by atoms with Gasteiger partial charge in [-0.3, -0.25) is 4.79 Å². The highest BCUT2D eigenvalue weighted by atomic mass is 35.5. The number of carbonyl (C=O) groups excluding carboxylic acids is 1. The fourth-order valence-electron chi connectivity index (χ4n) is 3.41. The van der Waals surface area contributed by atoms with Gasteiger partial charge in [0.05, 0.1) is 10.7 Å². The van der Waals surface area contributed by atoms with E-state index in [1.54, 1.807) is 12.1 Å². The summed E-state index contributed by atoms with van der Waals surface area (Å²) in [5, 5.41) is 15.6. The number of aliphatic hydroxyl groups is 1. The van der Waals surface area contributed by atoms with Gasteiger partial charge >= 0.3 is 0 Å². The molecule has 0 aliphatic carbocycles. The average Bonchev–Trinajstić information content (AvgIpc) is 2.71. The van der Waals surface area contributed by atoms with Crippen molar-refractivity contribution in [2.75, 3.05) is 35.6 Å². The van der Waals surface area contributed by atoms with Crippen molar-refractivity contribution >= 4 is 40.6 Å². The molecule has 0 radical (unpaired) electrons. The van der Waals surface area contributed by atoms with Crippen LogP contribution in [0.4, 0.5) is 23.1 Å². The second-order valence-electron chi connectivity index (χ2n) is 7.16. The van der Waals surface area contributed by atoms with Crippen molar-refractivity contribution in [3.05, 3.63) is 35.0 Å². The van der Waals surface area contributed by atoms with Gasteiger partial charge in [0.1, 0.15) is 12.4 Å². The van der Waals surface area contributed by atoms with E-state index in [1.807, 2.05) is 12.1 Å². The van der Waals surface area contributed by atoms with Crippen molar-refractivity contribution in [1.82, 2.24) is 15.3 Å². The molecule has 0 spiro atoms. The van der Waals surface area contributed by atoms with Crippen LogP contribution in [0.1, 0.15) is 31.9 Å².